The highest BCUT2D eigenvalue weighted by molar-refractivity contribution is 5.37. The Kier molecular flexibility index (Phi) is 4.48. The molecule has 1 aliphatic heterocycles. The van der Waals surface area contributed by atoms with Crippen molar-refractivity contribution in [1.82, 2.24) is 4.90 Å². The lowest BCUT2D eigenvalue weighted by molar-refractivity contribution is 0.104. The molecule has 0 amide bonds. The smallest absolute Gasteiger partial charge is 0.124 e. The maximum absolute atomic E-state index is 5.88. The van der Waals surface area contributed by atoms with E-state index in [4.69, 9.17) is 10.5 Å². The van der Waals surface area contributed by atoms with Crippen molar-refractivity contribution in [1.29, 1.82) is 0 Å². The molecule has 0 fully saturated rings. The van der Waals surface area contributed by atoms with Gasteiger partial charge >= 0.3 is 0 Å². The summed E-state index contributed by atoms with van der Waals surface area (Å²) < 4.78 is 5.75. The van der Waals surface area contributed by atoms with Crippen LogP contribution in [0, 0.1) is 5.41 Å². The average Bonchev–Trinajstić information content (AvgIpc) is 2.44. The van der Waals surface area contributed by atoms with Gasteiger partial charge in [-0.1, -0.05) is 39.0 Å². The first-order valence-corrected chi connectivity index (χ1v) is 7.23. The van der Waals surface area contributed by atoms with Gasteiger partial charge < -0.3 is 10.5 Å². The summed E-state index contributed by atoms with van der Waals surface area (Å²) >= 11 is 0. The van der Waals surface area contributed by atoms with Gasteiger partial charge in [-0.15, -0.1) is 0 Å². The number of nitrogens with zero attached hydrogens (tertiary/aromatic N) is 1. The van der Waals surface area contributed by atoms with Crippen LogP contribution in [0.25, 0.3) is 0 Å². The maximum atomic E-state index is 5.88. The standard InChI is InChI=1S/C16H26N2O/c1-4-18(12-16(2,3)11-17)14-9-10-19-15-8-6-5-7-13(14)15/h5-8,14H,4,9-12,17H2,1-3H3. The SMILES string of the molecule is CCN(CC(C)(C)CN)C1CCOc2ccccc21. The molecule has 1 aliphatic rings. The van der Waals surface area contributed by atoms with E-state index < -0.39 is 0 Å². The van der Waals surface area contributed by atoms with Gasteiger partial charge in [-0.05, 0) is 24.6 Å². The van der Waals surface area contributed by atoms with Crippen molar-refractivity contribution in [2.45, 2.75) is 33.2 Å². The Morgan fingerprint density at radius 1 is 1.37 bits per heavy atom. The van der Waals surface area contributed by atoms with Crippen molar-refractivity contribution in [2.24, 2.45) is 11.1 Å². The first-order chi connectivity index (χ1) is 9.07. The molecule has 1 aromatic rings. The zero-order valence-corrected chi connectivity index (χ0v) is 12.4. The molecular formula is C16H26N2O. The summed E-state index contributed by atoms with van der Waals surface area (Å²) in [6.45, 7) is 10.3. The molecule has 106 valence electrons. The Bertz CT molecular complexity index is 417. The number of rotatable bonds is 5. The molecule has 2 N–H and O–H groups in total. The highest BCUT2D eigenvalue weighted by atomic mass is 16.5. The van der Waals surface area contributed by atoms with E-state index in [-0.39, 0.29) is 5.41 Å². The van der Waals surface area contributed by atoms with E-state index in [0.29, 0.717) is 12.6 Å². The summed E-state index contributed by atoms with van der Waals surface area (Å²) in [4.78, 5) is 2.54. The van der Waals surface area contributed by atoms with E-state index in [9.17, 15) is 0 Å². The summed E-state index contributed by atoms with van der Waals surface area (Å²) in [6, 6.07) is 8.87. The van der Waals surface area contributed by atoms with Gasteiger partial charge in [0.1, 0.15) is 5.75 Å². The molecule has 2 rings (SSSR count). The van der Waals surface area contributed by atoms with Crippen molar-refractivity contribution in [3.8, 4) is 5.75 Å². The molecule has 1 heterocycles. The minimum Gasteiger partial charge on any atom is -0.493 e. The van der Waals surface area contributed by atoms with E-state index in [1.165, 1.54) is 5.56 Å². The number of hydrogen-bond donors (Lipinski definition) is 1. The third-order valence-electron chi connectivity index (χ3n) is 3.96. The van der Waals surface area contributed by atoms with Crippen LogP contribution in [0.3, 0.4) is 0 Å². The third kappa shape index (κ3) is 3.28. The molecule has 0 saturated heterocycles. The van der Waals surface area contributed by atoms with E-state index in [0.717, 1.165) is 31.9 Å². The zero-order chi connectivity index (χ0) is 13.9. The van der Waals surface area contributed by atoms with Crippen molar-refractivity contribution in [3.05, 3.63) is 29.8 Å². The molecule has 0 aromatic heterocycles. The molecule has 0 saturated carbocycles. The van der Waals surface area contributed by atoms with Gasteiger partial charge in [0.15, 0.2) is 0 Å². The largest absolute Gasteiger partial charge is 0.493 e. The van der Waals surface area contributed by atoms with Crippen molar-refractivity contribution in [3.63, 3.8) is 0 Å². The van der Waals surface area contributed by atoms with Crippen LogP contribution in [0.2, 0.25) is 0 Å². The minimum absolute atomic E-state index is 0.156. The number of ether oxygens (including phenoxy) is 1. The number of para-hydroxylation sites is 1. The first-order valence-electron chi connectivity index (χ1n) is 7.23. The predicted molar refractivity (Wildman–Crippen MR) is 79.4 cm³/mol. The van der Waals surface area contributed by atoms with Crippen LogP contribution >= 0.6 is 0 Å². The van der Waals surface area contributed by atoms with Gasteiger partial charge in [0, 0.05) is 24.6 Å². The van der Waals surface area contributed by atoms with Gasteiger partial charge in [0.2, 0.25) is 0 Å². The van der Waals surface area contributed by atoms with Gasteiger partial charge in [0.25, 0.3) is 0 Å². The molecule has 1 aromatic carbocycles. The monoisotopic (exact) mass is 262 g/mol. The number of hydrogen-bond acceptors (Lipinski definition) is 3. The normalized spacial score (nSPS) is 19.1. The van der Waals surface area contributed by atoms with E-state index in [1.807, 2.05) is 6.07 Å². The van der Waals surface area contributed by atoms with Gasteiger partial charge in [-0.25, -0.2) is 0 Å². The maximum Gasteiger partial charge on any atom is 0.124 e. The van der Waals surface area contributed by atoms with Crippen LogP contribution in [0.5, 0.6) is 5.75 Å². The summed E-state index contributed by atoms with van der Waals surface area (Å²) in [7, 11) is 0. The molecule has 3 heteroatoms. The fourth-order valence-electron chi connectivity index (χ4n) is 2.76. The quantitative estimate of drug-likeness (QED) is 0.887. The topological polar surface area (TPSA) is 38.5 Å². The molecule has 1 atom stereocenters. The summed E-state index contributed by atoms with van der Waals surface area (Å²) in [5.74, 6) is 1.04. The molecule has 0 spiro atoms. The van der Waals surface area contributed by atoms with Gasteiger partial charge in [0.05, 0.1) is 6.61 Å². The third-order valence-corrected chi connectivity index (χ3v) is 3.96. The Morgan fingerprint density at radius 2 is 2.11 bits per heavy atom. The highest BCUT2D eigenvalue weighted by Gasteiger charge is 2.29. The van der Waals surface area contributed by atoms with Crippen LogP contribution in [-0.2, 0) is 0 Å². The summed E-state index contributed by atoms with van der Waals surface area (Å²) in [5.41, 5.74) is 7.36. The average molecular weight is 262 g/mol. The minimum atomic E-state index is 0.156. The second-order valence-corrected chi connectivity index (χ2v) is 6.12. The molecule has 1 unspecified atom stereocenters. The van der Waals surface area contributed by atoms with Crippen molar-refractivity contribution >= 4 is 0 Å². The summed E-state index contributed by atoms with van der Waals surface area (Å²) in [5, 5.41) is 0. The number of fused-ring (bicyclic) bond motifs is 1. The van der Waals surface area contributed by atoms with E-state index >= 15 is 0 Å². The zero-order valence-electron chi connectivity index (χ0n) is 12.4. The Balaban J connectivity index is 2.20. The lowest BCUT2D eigenvalue weighted by Crippen LogP contribution is -2.41. The van der Waals surface area contributed by atoms with Crippen LogP contribution in [-0.4, -0.2) is 31.1 Å². The number of benzene rings is 1. The molecule has 0 radical (unpaired) electrons. The Labute approximate surface area is 116 Å². The lowest BCUT2D eigenvalue weighted by Gasteiger charge is -2.39. The fraction of sp³-hybridized carbons (Fsp3) is 0.625. The molecule has 19 heavy (non-hydrogen) atoms. The van der Waals surface area contributed by atoms with E-state index in [2.05, 4.69) is 43.9 Å². The molecular weight excluding hydrogens is 236 g/mol. The number of nitrogens with two attached hydrogens (primary N) is 1. The molecule has 0 aliphatic carbocycles. The van der Waals surface area contributed by atoms with Crippen LogP contribution in [0.15, 0.2) is 24.3 Å². The Morgan fingerprint density at radius 3 is 2.79 bits per heavy atom. The second kappa shape index (κ2) is 5.93. The highest BCUT2D eigenvalue weighted by Crippen LogP contribution is 2.36. The van der Waals surface area contributed by atoms with Crippen molar-refractivity contribution in [2.75, 3.05) is 26.2 Å². The predicted octanol–water partition coefficient (Wildman–Crippen LogP) is 2.82. The fourth-order valence-corrected chi connectivity index (χ4v) is 2.76. The van der Waals surface area contributed by atoms with Crippen LogP contribution in [0.1, 0.15) is 38.8 Å². The van der Waals surface area contributed by atoms with Crippen LogP contribution in [0.4, 0.5) is 0 Å². The molecule has 0 bridgehead atoms. The Hall–Kier alpha value is -1.06. The molecule has 3 nitrogen and oxygen atoms in total. The first kappa shape index (κ1) is 14.4. The van der Waals surface area contributed by atoms with Gasteiger partial charge in [-0.2, -0.15) is 0 Å². The van der Waals surface area contributed by atoms with Gasteiger partial charge in [-0.3, -0.25) is 4.90 Å². The van der Waals surface area contributed by atoms with E-state index in [1.54, 1.807) is 0 Å². The second-order valence-electron chi connectivity index (χ2n) is 6.12. The van der Waals surface area contributed by atoms with Crippen LogP contribution < -0.4 is 10.5 Å². The lowest BCUT2D eigenvalue weighted by atomic mass is 9.90. The van der Waals surface area contributed by atoms with Crippen molar-refractivity contribution < 1.29 is 4.74 Å². The summed E-state index contributed by atoms with van der Waals surface area (Å²) in [6.07, 6.45) is 1.06.